The van der Waals surface area contributed by atoms with Crippen LogP contribution in [0.15, 0.2) is 22.8 Å². The van der Waals surface area contributed by atoms with Gasteiger partial charge in [-0.15, -0.1) is 0 Å². The predicted octanol–water partition coefficient (Wildman–Crippen LogP) is 1.51. The third-order valence-electron chi connectivity index (χ3n) is 3.31. The second kappa shape index (κ2) is 5.87. The number of pyridine rings is 1. The van der Waals surface area contributed by atoms with Gasteiger partial charge in [-0.25, -0.2) is 4.98 Å². The van der Waals surface area contributed by atoms with Crippen LogP contribution in [0.2, 0.25) is 0 Å². The summed E-state index contributed by atoms with van der Waals surface area (Å²) in [4.78, 5) is 4.40. The summed E-state index contributed by atoms with van der Waals surface area (Å²) in [7, 11) is -0.137. The highest BCUT2D eigenvalue weighted by Gasteiger charge is 2.32. The second-order valence-corrected chi connectivity index (χ2v) is 7.91. The van der Waals surface area contributed by atoms with Crippen LogP contribution in [0.4, 0.5) is 0 Å². The zero-order valence-corrected chi connectivity index (χ0v) is 13.5. The summed E-state index contributed by atoms with van der Waals surface area (Å²) in [6, 6.07) is 5.82. The SMILES string of the molecule is CN(C)S(=O)(=O)N1CCC(Cc2cccc(Br)n2)C1. The first-order valence-electron chi connectivity index (χ1n) is 6.18. The van der Waals surface area contributed by atoms with Crippen molar-refractivity contribution in [2.24, 2.45) is 5.92 Å². The Bertz CT molecular complexity index is 548. The zero-order chi connectivity index (χ0) is 14.0. The average Bonchev–Trinajstić information content (AvgIpc) is 2.78. The minimum Gasteiger partial charge on any atom is -0.246 e. The van der Waals surface area contributed by atoms with Gasteiger partial charge < -0.3 is 0 Å². The molecule has 7 heteroatoms. The lowest BCUT2D eigenvalue weighted by atomic mass is 10.0. The highest BCUT2D eigenvalue weighted by atomic mass is 79.9. The highest BCUT2D eigenvalue weighted by Crippen LogP contribution is 2.23. The fourth-order valence-electron chi connectivity index (χ4n) is 2.26. The summed E-state index contributed by atoms with van der Waals surface area (Å²) in [5.41, 5.74) is 1.00. The summed E-state index contributed by atoms with van der Waals surface area (Å²) in [5, 5.41) is 0. The van der Waals surface area contributed by atoms with Gasteiger partial charge in [-0.2, -0.15) is 17.0 Å². The maximum Gasteiger partial charge on any atom is 0.281 e. The molecule has 0 bridgehead atoms. The highest BCUT2D eigenvalue weighted by molar-refractivity contribution is 9.10. The van der Waals surface area contributed by atoms with Gasteiger partial charge in [-0.1, -0.05) is 6.07 Å². The Hall–Kier alpha value is -0.500. The molecule has 19 heavy (non-hydrogen) atoms. The number of halogens is 1. The van der Waals surface area contributed by atoms with Crippen molar-refractivity contribution in [3.05, 3.63) is 28.5 Å². The number of rotatable bonds is 4. The molecule has 1 fully saturated rings. The predicted molar refractivity (Wildman–Crippen MR) is 77.9 cm³/mol. The minimum absolute atomic E-state index is 0.344. The third kappa shape index (κ3) is 3.53. The van der Waals surface area contributed by atoms with Gasteiger partial charge in [0.2, 0.25) is 0 Å². The van der Waals surface area contributed by atoms with Crippen LogP contribution >= 0.6 is 15.9 Å². The first-order valence-corrected chi connectivity index (χ1v) is 8.37. The van der Waals surface area contributed by atoms with Crippen LogP contribution in [-0.4, -0.2) is 49.2 Å². The molecule has 106 valence electrons. The summed E-state index contributed by atoms with van der Waals surface area (Å²) < 4.78 is 27.7. The molecule has 5 nitrogen and oxygen atoms in total. The molecule has 2 rings (SSSR count). The molecule has 1 unspecified atom stereocenters. The number of nitrogens with zero attached hydrogens (tertiary/aromatic N) is 3. The van der Waals surface area contributed by atoms with Crippen molar-refractivity contribution in [3.63, 3.8) is 0 Å². The molecular weight excluding hydrogens is 330 g/mol. The van der Waals surface area contributed by atoms with E-state index >= 15 is 0 Å². The molecule has 1 saturated heterocycles. The molecule has 2 heterocycles. The quantitative estimate of drug-likeness (QED) is 0.776. The van der Waals surface area contributed by atoms with Crippen molar-refractivity contribution >= 4 is 26.1 Å². The summed E-state index contributed by atoms with van der Waals surface area (Å²) >= 11 is 3.35. The van der Waals surface area contributed by atoms with Gasteiger partial charge >= 0.3 is 0 Å². The second-order valence-electron chi connectivity index (χ2n) is 4.96. The molecule has 0 saturated carbocycles. The maximum atomic E-state index is 12.0. The van der Waals surface area contributed by atoms with Crippen LogP contribution in [0.1, 0.15) is 12.1 Å². The van der Waals surface area contributed by atoms with Crippen LogP contribution < -0.4 is 0 Å². The zero-order valence-electron chi connectivity index (χ0n) is 11.1. The van der Waals surface area contributed by atoms with Crippen molar-refractivity contribution in [3.8, 4) is 0 Å². The van der Waals surface area contributed by atoms with E-state index in [2.05, 4.69) is 20.9 Å². The topological polar surface area (TPSA) is 53.5 Å². The first-order chi connectivity index (χ1) is 8.89. The average molecular weight is 348 g/mol. The van der Waals surface area contributed by atoms with Crippen molar-refractivity contribution in [2.75, 3.05) is 27.2 Å². The molecule has 0 aliphatic carbocycles. The normalized spacial score (nSPS) is 21.2. The van der Waals surface area contributed by atoms with Crippen LogP contribution in [0.3, 0.4) is 0 Å². The summed E-state index contributed by atoms with van der Waals surface area (Å²) in [6.07, 6.45) is 1.71. The Balaban J connectivity index is 2.00. The van der Waals surface area contributed by atoms with Gasteiger partial charge in [0.1, 0.15) is 4.60 Å². The fraction of sp³-hybridized carbons (Fsp3) is 0.583. The maximum absolute atomic E-state index is 12.0. The van der Waals surface area contributed by atoms with Crippen molar-refractivity contribution < 1.29 is 8.42 Å². The molecule has 1 aromatic heterocycles. The van der Waals surface area contributed by atoms with Gasteiger partial charge in [-0.05, 0) is 46.8 Å². The molecule has 0 N–H and O–H groups in total. The standard InChI is InChI=1S/C12H18BrN3O2S/c1-15(2)19(17,18)16-7-6-10(9-16)8-11-4-3-5-12(13)14-11/h3-5,10H,6-9H2,1-2H3. The molecule has 0 aromatic carbocycles. The lowest BCUT2D eigenvalue weighted by Gasteiger charge is -2.20. The van der Waals surface area contributed by atoms with Gasteiger partial charge in [0.25, 0.3) is 10.2 Å². The Morgan fingerprint density at radius 1 is 1.47 bits per heavy atom. The van der Waals surface area contributed by atoms with E-state index in [0.29, 0.717) is 19.0 Å². The summed E-state index contributed by atoms with van der Waals surface area (Å²) in [6.45, 7) is 1.17. The number of aromatic nitrogens is 1. The molecule has 0 spiro atoms. The van der Waals surface area contributed by atoms with Crippen LogP contribution in [-0.2, 0) is 16.6 Å². The van der Waals surface area contributed by atoms with Crippen LogP contribution in [0.25, 0.3) is 0 Å². The van der Waals surface area contributed by atoms with E-state index in [1.807, 2.05) is 18.2 Å². The molecule has 0 amide bonds. The molecule has 1 aliphatic rings. The van der Waals surface area contributed by atoms with Crippen LogP contribution in [0.5, 0.6) is 0 Å². The van der Waals surface area contributed by atoms with Crippen molar-refractivity contribution in [1.29, 1.82) is 0 Å². The summed E-state index contributed by atoms with van der Waals surface area (Å²) in [5.74, 6) is 0.344. The lowest BCUT2D eigenvalue weighted by Crippen LogP contribution is -2.38. The Morgan fingerprint density at radius 3 is 2.84 bits per heavy atom. The number of hydrogen-bond acceptors (Lipinski definition) is 3. The molecule has 1 aliphatic heterocycles. The van der Waals surface area contributed by atoms with E-state index < -0.39 is 10.2 Å². The van der Waals surface area contributed by atoms with Gasteiger partial charge in [0.15, 0.2) is 0 Å². The van der Waals surface area contributed by atoms with Gasteiger partial charge in [0.05, 0.1) is 0 Å². The van der Waals surface area contributed by atoms with E-state index in [1.54, 1.807) is 18.4 Å². The first kappa shape index (κ1) is 14.9. The Kier molecular flexibility index (Phi) is 4.60. The third-order valence-corrected chi connectivity index (χ3v) is 5.66. The molecule has 1 atom stereocenters. The number of hydrogen-bond donors (Lipinski definition) is 0. The largest absolute Gasteiger partial charge is 0.281 e. The Labute approximate surface area is 122 Å². The van der Waals surface area contributed by atoms with Gasteiger partial charge in [-0.3, -0.25) is 0 Å². The van der Waals surface area contributed by atoms with E-state index in [9.17, 15) is 8.42 Å². The van der Waals surface area contributed by atoms with E-state index in [-0.39, 0.29) is 0 Å². The van der Waals surface area contributed by atoms with E-state index in [1.165, 1.54) is 4.31 Å². The smallest absolute Gasteiger partial charge is 0.246 e. The molecular formula is C12H18BrN3O2S. The lowest BCUT2D eigenvalue weighted by molar-refractivity contribution is 0.409. The molecule has 1 aromatic rings. The van der Waals surface area contributed by atoms with Crippen LogP contribution in [0, 0.1) is 5.92 Å². The van der Waals surface area contributed by atoms with Gasteiger partial charge in [0, 0.05) is 32.9 Å². The fourth-order valence-corrected chi connectivity index (χ4v) is 3.84. The van der Waals surface area contributed by atoms with E-state index in [4.69, 9.17) is 0 Å². The minimum atomic E-state index is -3.27. The van der Waals surface area contributed by atoms with Crippen molar-refractivity contribution in [2.45, 2.75) is 12.8 Å². The monoisotopic (exact) mass is 347 g/mol. The van der Waals surface area contributed by atoms with E-state index in [0.717, 1.165) is 23.1 Å². The Morgan fingerprint density at radius 2 is 2.21 bits per heavy atom. The molecule has 0 radical (unpaired) electrons. The van der Waals surface area contributed by atoms with Crippen molar-refractivity contribution in [1.82, 2.24) is 13.6 Å².